The highest BCUT2D eigenvalue weighted by Gasteiger charge is 2.27. The van der Waals surface area contributed by atoms with Gasteiger partial charge in [0.1, 0.15) is 0 Å². The first-order valence-corrected chi connectivity index (χ1v) is 7.14. The molecule has 1 fully saturated rings. The first kappa shape index (κ1) is 14.0. The van der Waals surface area contributed by atoms with Crippen molar-refractivity contribution >= 4 is 0 Å². The molecule has 96 valence electrons. The van der Waals surface area contributed by atoms with Crippen molar-refractivity contribution < 1.29 is 5.11 Å². The van der Waals surface area contributed by atoms with E-state index < -0.39 is 0 Å². The van der Waals surface area contributed by atoms with Crippen molar-refractivity contribution in [2.75, 3.05) is 6.54 Å². The van der Waals surface area contributed by atoms with Crippen LogP contribution in [0.5, 0.6) is 0 Å². The predicted molar refractivity (Wildman–Crippen MR) is 69.6 cm³/mol. The zero-order valence-corrected chi connectivity index (χ0v) is 11.3. The molecule has 0 saturated heterocycles. The van der Waals surface area contributed by atoms with Gasteiger partial charge in [0, 0.05) is 12.1 Å². The summed E-state index contributed by atoms with van der Waals surface area (Å²) in [6, 6.07) is 1.00. The lowest BCUT2D eigenvalue weighted by Crippen LogP contribution is -2.48. The molecule has 1 aliphatic rings. The highest BCUT2D eigenvalue weighted by atomic mass is 16.3. The van der Waals surface area contributed by atoms with Crippen LogP contribution in [0.3, 0.4) is 0 Å². The molecule has 1 rings (SSSR count). The van der Waals surface area contributed by atoms with Gasteiger partial charge < -0.3 is 5.11 Å². The maximum absolute atomic E-state index is 10.3. The van der Waals surface area contributed by atoms with Crippen LogP contribution in [0, 0.1) is 0 Å². The normalized spacial score (nSPS) is 29.8. The fourth-order valence-corrected chi connectivity index (χ4v) is 2.94. The van der Waals surface area contributed by atoms with Crippen molar-refractivity contribution in [2.45, 2.75) is 83.9 Å². The van der Waals surface area contributed by atoms with Crippen LogP contribution in [0.2, 0.25) is 0 Å². The van der Waals surface area contributed by atoms with Gasteiger partial charge in [0.15, 0.2) is 0 Å². The Bertz CT molecular complexity index is 184. The third-order valence-corrected chi connectivity index (χ3v) is 4.14. The molecule has 1 aliphatic carbocycles. The molecule has 0 spiro atoms. The molecule has 16 heavy (non-hydrogen) atoms. The molecular formula is C14H29NO. The Labute approximate surface area is 101 Å². The van der Waals surface area contributed by atoms with Crippen LogP contribution >= 0.6 is 0 Å². The molecule has 2 nitrogen and oxygen atoms in total. The second kappa shape index (κ2) is 7.29. The zero-order valence-electron chi connectivity index (χ0n) is 11.3. The molecule has 3 atom stereocenters. The third kappa shape index (κ3) is 3.74. The fourth-order valence-electron chi connectivity index (χ4n) is 2.94. The smallest absolute Gasteiger partial charge is 0.0695 e. The quantitative estimate of drug-likeness (QED) is 0.797. The molecule has 0 heterocycles. The van der Waals surface area contributed by atoms with Gasteiger partial charge in [-0.05, 0) is 32.7 Å². The molecule has 1 saturated carbocycles. The summed E-state index contributed by atoms with van der Waals surface area (Å²) < 4.78 is 0. The Kier molecular flexibility index (Phi) is 6.37. The van der Waals surface area contributed by atoms with Crippen molar-refractivity contribution in [1.29, 1.82) is 0 Å². The number of nitrogens with zero attached hydrogens (tertiary/aromatic N) is 1. The Morgan fingerprint density at radius 2 is 1.75 bits per heavy atom. The summed E-state index contributed by atoms with van der Waals surface area (Å²) in [6.45, 7) is 7.81. The van der Waals surface area contributed by atoms with Gasteiger partial charge in [0.25, 0.3) is 0 Å². The van der Waals surface area contributed by atoms with Crippen LogP contribution in [-0.4, -0.2) is 34.7 Å². The summed E-state index contributed by atoms with van der Waals surface area (Å²) in [4.78, 5) is 2.51. The van der Waals surface area contributed by atoms with E-state index in [1.807, 2.05) is 0 Å². The van der Waals surface area contributed by atoms with Gasteiger partial charge in [0.2, 0.25) is 0 Å². The predicted octanol–water partition coefficient (Wildman–Crippen LogP) is 3.19. The molecule has 0 aromatic rings. The molecule has 0 aliphatic heterocycles. The summed E-state index contributed by atoms with van der Waals surface area (Å²) in [6.07, 6.45) is 8.40. The summed E-state index contributed by atoms with van der Waals surface area (Å²) >= 11 is 0. The van der Waals surface area contributed by atoms with Crippen molar-refractivity contribution in [3.63, 3.8) is 0 Å². The van der Waals surface area contributed by atoms with Crippen molar-refractivity contribution in [1.82, 2.24) is 4.90 Å². The van der Waals surface area contributed by atoms with E-state index in [2.05, 4.69) is 25.7 Å². The van der Waals surface area contributed by atoms with Gasteiger partial charge in [-0.15, -0.1) is 0 Å². The van der Waals surface area contributed by atoms with Gasteiger partial charge in [0.05, 0.1) is 6.10 Å². The maximum atomic E-state index is 10.3. The Morgan fingerprint density at radius 3 is 2.31 bits per heavy atom. The monoisotopic (exact) mass is 227 g/mol. The van der Waals surface area contributed by atoms with Crippen LogP contribution in [0.25, 0.3) is 0 Å². The van der Waals surface area contributed by atoms with Crippen molar-refractivity contribution in [2.24, 2.45) is 0 Å². The van der Waals surface area contributed by atoms with E-state index in [9.17, 15) is 5.11 Å². The summed E-state index contributed by atoms with van der Waals surface area (Å²) in [5.74, 6) is 0. The second-order valence-electron chi connectivity index (χ2n) is 5.21. The minimum Gasteiger partial charge on any atom is -0.391 e. The van der Waals surface area contributed by atoms with E-state index in [-0.39, 0.29) is 6.10 Å². The Hall–Kier alpha value is -0.0800. The van der Waals surface area contributed by atoms with Crippen LogP contribution in [0.15, 0.2) is 0 Å². The topological polar surface area (TPSA) is 23.5 Å². The molecule has 0 aromatic heterocycles. The summed E-state index contributed by atoms with van der Waals surface area (Å²) in [5.41, 5.74) is 0. The van der Waals surface area contributed by atoms with Crippen molar-refractivity contribution in [3.05, 3.63) is 0 Å². The van der Waals surface area contributed by atoms with Gasteiger partial charge in [-0.1, -0.05) is 39.5 Å². The average molecular weight is 227 g/mol. The minimum absolute atomic E-state index is 0.103. The Morgan fingerprint density at radius 1 is 1.12 bits per heavy atom. The van der Waals surface area contributed by atoms with Crippen LogP contribution < -0.4 is 0 Å². The largest absolute Gasteiger partial charge is 0.391 e. The number of hydrogen-bond acceptors (Lipinski definition) is 2. The number of likely N-dealkylation sites (N-methyl/N-ethyl adjacent to an activating group) is 1. The first-order chi connectivity index (χ1) is 7.70. The number of aliphatic hydroxyl groups is 1. The maximum Gasteiger partial charge on any atom is 0.0695 e. The van der Waals surface area contributed by atoms with Crippen LogP contribution in [0.4, 0.5) is 0 Å². The molecule has 0 aromatic carbocycles. The lowest BCUT2D eigenvalue weighted by atomic mass is 9.92. The third-order valence-electron chi connectivity index (χ3n) is 4.14. The Balaban J connectivity index is 2.63. The van der Waals surface area contributed by atoms with E-state index >= 15 is 0 Å². The molecule has 0 radical (unpaired) electrons. The molecule has 0 amide bonds. The molecule has 0 bridgehead atoms. The van der Waals surface area contributed by atoms with Crippen LogP contribution in [0.1, 0.15) is 65.7 Å². The lowest BCUT2D eigenvalue weighted by molar-refractivity contribution is 0.0141. The van der Waals surface area contributed by atoms with Gasteiger partial charge in [-0.2, -0.15) is 0 Å². The molecule has 2 heteroatoms. The van der Waals surface area contributed by atoms with Gasteiger partial charge >= 0.3 is 0 Å². The zero-order chi connectivity index (χ0) is 12.0. The van der Waals surface area contributed by atoms with Crippen molar-refractivity contribution in [3.8, 4) is 0 Å². The van der Waals surface area contributed by atoms with Crippen LogP contribution in [-0.2, 0) is 0 Å². The van der Waals surface area contributed by atoms with E-state index in [4.69, 9.17) is 0 Å². The highest BCUT2D eigenvalue weighted by Crippen LogP contribution is 2.24. The summed E-state index contributed by atoms with van der Waals surface area (Å²) in [7, 11) is 0. The SMILES string of the molecule is CCC(C)N(CC)C1CCCCCCC1O. The first-order valence-electron chi connectivity index (χ1n) is 7.14. The van der Waals surface area contributed by atoms with E-state index in [0.29, 0.717) is 12.1 Å². The minimum atomic E-state index is -0.103. The number of rotatable bonds is 4. The molecule has 3 unspecified atom stereocenters. The van der Waals surface area contributed by atoms with E-state index in [1.54, 1.807) is 0 Å². The molecule has 1 N–H and O–H groups in total. The number of aliphatic hydroxyl groups excluding tert-OH is 1. The summed E-state index contributed by atoms with van der Waals surface area (Å²) in [5, 5.41) is 10.3. The average Bonchev–Trinajstić information content (AvgIpc) is 2.28. The van der Waals surface area contributed by atoms with Gasteiger partial charge in [-0.25, -0.2) is 0 Å². The van der Waals surface area contributed by atoms with E-state index in [1.165, 1.54) is 38.5 Å². The lowest BCUT2D eigenvalue weighted by Gasteiger charge is -2.39. The van der Waals surface area contributed by atoms with E-state index in [0.717, 1.165) is 13.0 Å². The van der Waals surface area contributed by atoms with Gasteiger partial charge in [-0.3, -0.25) is 4.90 Å². The standard InChI is InChI=1S/C14H29NO/c1-4-12(3)15(5-2)13-10-8-6-7-9-11-14(13)16/h12-14,16H,4-11H2,1-3H3. The highest BCUT2D eigenvalue weighted by molar-refractivity contribution is 4.83. The fraction of sp³-hybridized carbons (Fsp3) is 1.00. The second-order valence-corrected chi connectivity index (χ2v) is 5.21. The molecular weight excluding hydrogens is 198 g/mol. The number of hydrogen-bond donors (Lipinski definition) is 1.